The fourth-order valence-corrected chi connectivity index (χ4v) is 3.45. The molecule has 2 N–H and O–H groups in total. The van der Waals surface area contributed by atoms with Crippen LogP contribution in [0, 0.1) is 0 Å². The van der Waals surface area contributed by atoms with Gasteiger partial charge in [-0.05, 0) is 60.1 Å². The maximum atomic E-state index is 8.86. The fraction of sp³-hybridized carbons (Fsp3) is 0.455. The molecule has 0 aliphatic rings. The van der Waals surface area contributed by atoms with E-state index in [2.05, 4.69) is 38.1 Å². The SMILES string of the molecule is CC[C@@H](c1ccc(OCCO)cc1)[C@@H](CC)c1ccc(OCCO)cc1. The van der Waals surface area contributed by atoms with E-state index in [0.717, 1.165) is 24.3 Å². The van der Waals surface area contributed by atoms with Crippen molar-refractivity contribution in [1.29, 1.82) is 0 Å². The Labute approximate surface area is 156 Å². The van der Waals surface area contributed by atoms with Crippen LogP contribution in [0.25, 0.3) is 0 Å². The monoisotopic (exact) mass is 358 g/mol. The van der Waals surface area contributed by atoms with Crippen molar-refractivity contribution in [2.45, 2.75) is 38.5 Å². The minimum absolute atomic E-state index is 0.0231. The average molecular weight is 358 g/mol. The van der Waals surface area contributed by atoms with Gasteiger partial charge in [-0.25, -0.2) is 0 Å². The summed E-state index contributed by atoms with van der Waals surface area (Å²) in [5.74, 6) is 2.43. The lowest BCUT2D eigenvalue weighted by Gasteiger charge is -2.26. The number of hydrogen-bond acceptors (Lipinski definition) is 4. The molecule has 2 aromatic carbocycles. The molecule has 0 spiro atoms. The molecule has 2 rings (SSSR count). The van der Waals surface area contributed by atoms with Crippen molar-refractivity contribution in [1.82, 2.24) is 0 Å². The minimum atomic E-state index is 0.0231. The number of benzene rings is 2. The quantitative estimate of drug-likeness (QED) is 0.634. The Hall–Kier alpha value is -2.04. The van der Waals surface area contributed by atoms with Crippen LogP contribution in [0.1, 0.15) is 49.7 Å². The Bertz CT molecular complexity index is 564. The summed E-state index contributed by atoms with van der Waals surface area (Å²) in [4.78, 5) is 0. The summed E-state index contributed by atoms with van der Waals surface area (Å²) >= 11 is 0. The lowest BCUT2D eigenvalue weighted by Crippen LogP contribution is -2.11. The summed E-state index contributed by atoms with van der Waals surface area (Å²) in [7, 11) is 0. The van der Waals surface area contributed by atoms with Crippen LogP contribution in [0.2, 0.25) is 0 Å². The van der Waals surface area contributed by atoms with Crippen molar-refractivity contribution in [2.75, 3.05) is 26.4 Å². The van der Waals surface area contributed by atoms with E-state index in [4.69, 9.17) is 19.7 Å². The van der Waals surface area contributed by atoms with E-state index in [1.54, 1.807) is 0 Å². The Morgan fingerprint density at radius 3 is 1.27 bits per heavy atom. The highest BCUT2D eigenvalue weighted by molar-refractivity contribution is 5.35. The highest BCUT2D eigenvalue weighted by Crippen LogP contribution is 2.38. The van der Waals surface area contributed by atoms with Crippen molar-refractivity contribution in [2.24, 2.45) is 0 Å². The molecular formula is C22H30O4. The van der Waals surface area contributed by atoms with Crippen molar-refractivity contribution in [3.63, 3.8) is 0 Å². The van der Waals surface area contributed by atoms with Crippen LogP contribution in [0.15, 0.2) is 48.5 Å². The van der Waals surface area contributed by atoms with Crippen molar-refractivity contribution in [3.05, 3.63) is 59.7 Å². The van der Waals surface area contributed by atoms with Gasteiger partial charge in [0, 0.05) is 0 Å². The lowest BCUT2D eigenvalue weighted by molar-refractivity contribution is 0.201. The first-order chi connectivity index (χ1) is 12.7. The van der Waals surface area contributed by atoms with Gasteiger partial charge < -0.3 is 19.7 Å². The Balaban J connectivity index is 2.14. The molecule has 0 amide bonds. The maximum Gasteiger partial charge on any atom is 0.119 e. The smallest absolute Gasteiger partial charge is 0.119 e. The fourth-order valence-electron chi connectivity index (χ4n) is 3.45. The second-order valence-electron chi connectivity index (χ2n) is 6.31. The molecule has 4 heteroatoms. The molecule has 0 radical (unpaired) electrons. The minimum Gasteiger partial charge on any atom is -0.491 e. The van der Waals surface area contributed by atoms with Crippen LogP contribution in [0.4, 0.5) is 0 Å². The summed E-state index contributed by atoms with van der Waals surface area (Å²) in [5, 5.41) is 17.7. The van der Waals surface area contributed by atoms with Gasteiger partial charge in [0.05, 0.1) is 13.2 Å². The van der Waals surface area contributed by atoms with E-state index >= 15 is 0 Å². The number of hydrogen-bond donors (Lipinski definition) is 2. The van der Waals surface area contributed by atoms with E-state index in [0.29, 0.717) is 25.0 Å². The molecule has 0 saturated carbocycles. The molecule has 142 valence electrons. The first-order valence-corrected chi connectivity index (χ1v) is 9.40. The van der Waals surface area contributed by atoms with Crippen molar-refractivity contribution in [3.8, 4) is 11.5 Å². The molecule has 0 bridgehead atoms. The van der Waals surface area contributed by atoms with Gasteiger partial charge in [-0.1, -0.05) is 38.1 Å². The molecule has 0 fully saturated rings. The third-order valence-electron chi connectivity index (χ3n) is 4.70. The van der Waals surface area contributed by atoms with Crippen molar-refractivity contribution < 1.29 is 19.7 Å². The van der Waals surface area contributed by atoms with Gasteiger partial charge >= 0.3 is 0 Å². The summed E-state index contributed by atoms with van der Waals surface area (Å²) in [6.07, 6.45) is 2.11. The summed E-state index contributed by atoms with van der Waals surface area (Å²) < 4.78 is 10.9. The zero-order chi connectivity index (χ0) is 18.8. The Kier molecular flexibility index (Phi) is 8.45. The van der Waals surface area contributed by atoms with Crippen LogP contribution in [-0.2, 0) is 0 Å². The standard InChI is InChI=1S/C22H30O4/c1-3-21(17-5-9-19(10-6-17)25-15-13-23)22(4-2)18-7-11-20(12-8-18)26-16-14-24/h5-12,21-24H,3-4,13-16H2,1-2H3/t21-,22-/m0/s1. The van der Waals surface area contributed by atoms with Gasteiger partial charge in [0.25, 0.3) is 0 Å². The topological polar surface area (TPSA) is 58.9 Å². The molecule has 2 atom stereocenters. The Morgan fingerprint density at radius 1 is 0.654 bits per heavy atom. The number of ether oxygens (including phenoxy) is 2. The van der Waals surface area contributed by atoms with E-state index in [9.17, 15) is 0 Å². The highest BCUT2D eigenvalue weighted by atomic mass is 16.5. The first-order valence-electron chi connectivity index (χ1n) is 9.40. The second-order valence-corrected chi connectivity index (χ2v) is 6.31. The van der Waals surface area contributed by atoms with Gasteiger partial charge in [-0.2, -0.15) is 0 Å². The van der Waals surface area contributed by atoms with Crippen molar-refractivity contribution >= 4 is 0 Å². The molecule has 0 aliphatic carbocycles. The third-order valence-corrected chi connectivity index (χ3v) is 4.70. The molecule has 4 nitrogen and oxygen atoms in total. The largest absolute Gasteiger partial charge is 0.491 e. The van der Waals surface area contributed by atoms with Gasteiger partial charge in [0.15, 0.2) is 0 Å². The summed E-state index contributed by atoms with van der Waals surface area (Å²) in [6.45, 7) is 5.13. The normalized spacial score (nSPS) is 13.2. The van der Waals surface area contributed by atoms with Crippen LogP contribution in [-0.4, -0.2) is 36.6 Å². The maximum absolute atomic E-state index is 8.86. The number of aliphatic hydroxyl groups excluding tert-OH is 2. The molecule has 26 heavy (non-hydrogen) atoms. The highest BCUT2D eigenvalue weighted by Gasteiger charge is 2.22. The molecular weight excluding hydrogens is 328 g/mol. The molecule has 0 aliphatic heterocycles. The van der Waals surface area contributed by atoms with Crippen LogP contribution >= 0.6 is 0 Å². The zero-order valence-corrected chi connectivity index (χ0v) is 15.7. The predicted molar refractivity (Wildman–Crippen MR) is 104 cm³/mol. The molecule has 0 aromatic heterocycles. The van der Waals surface area contributed by atoms with E-state index in [1.165, 1.54) is 11.1 Å². The van der Waals surface area contributed by atoms with Crippen LogP contribution in [0.3, 0.4) is 0 Å². The van der Waals surface area contributed by atoms with Crippen LogP contribution < -0.4 is 9.47 Å². The second kappa shape index (κ2) is 10.8. The van der Waals surface area contributed by atoms with E-state index in [1.807, 2.05) is 24.3 Å². The molecule has 0 unspecified atom stereocenters. The van der Waals surface area contributed by atoms with Gasteiger partial charge in [0.1, 0.15) is 24.7 Å². The summed E-state index contributed by atoms with van der Waals surface area (Å²) in [6, 6.07) is 16.4. The number of aliphatic hydroxyl groups is 2. The molecule has 0 heterocycles. The Morgan fingerprint density at radius 2 is 1.00 bits per heavy atom. The van der Waals surface area contributed by atoms with E-state index in [-0.39, 0.29) is 13.2 Å². The van der Waals surface area contributed by atoms with E-state index < -0.39 is 0 Å². The average Bonchev–Trinajstić information content (AvgIpc) is 2.70. The van der Waals surface area contributed by atoms with Gasteiger partial charge in [0.2, 0.25) is 0 Å². The third kappa shape index (κ3) is 5.48. The first kappa shape index (κ1) is 20.3. The summed E-state index contributed by atoms with van der Waals surface area (Å²) in [5.41, 5.74) is 2.60. The molecule has 0 saturated heterocycles. The van der Waals surface area contributed by atoms with Gasteiger partial charge in [-0.15, -0.1) is 0 Å². The van der Waals surface area contributed by atoms with Crippen LogP contribution in [0.5, 0.6) is 11.5 Å². The zero-order valence-electron chi connectivity index (χ0n) is 15.7. The van der Waals surface area contributed by atoms with Gasteiger partial charge in [-0.3, -0.25) is 0 Å². The number of rotatable bonds is 11. The molecule has 2 aromatic rings. The predicted octanol–water partition coefficient (Wildman–Crippen LogP) is 4.12. The lowest BCUT2D eigenvalue weighted by atomic mass is 9.78.